The van der Waals surface area contributed by atoms with Crippen molar-refractivity contribution in [1.29, 1.82) is 0 Å². The van der Waals surface area contributed by atoms with Gasteiger partial charge in [-0.1, -0.05) is 0 Å². The Bertz CT molecular complexity index is 869. The van der Waals surface area contributed by atoms with Crippen LogP contribution in [-0.4, -0.2) is 74.1 Å². The molecule has 8 nitrogen and oxygen atoms in total. The van der Waals surface area contributed by atoms with Crippen LogP contribution in [0.5, 0.6) is 0 Å². The number of fused-ring (bicyclic) bond motifs is 1. The average Bonchev–Trinajstić information content (AvgIpc) is 3.16. The molecule has 8 heteroatoms. The van der Waals surface area contributed by atoms with E-state index in [4.69, 9.17) is 0 Å². The highest BCUT2D eigenvalue weighted by molar-refractivity contribution is 5.99. The third-order valence-electron chi connectivity index (χ3n) is 5.86. The molecule has 0 radical (unpaired) electrons. The molecule has 138 valence electrons. The van der Waals surface area contributed by atoms with Crippen LogP contribution in [0.2, 0.25) is 0 Å². The number of likely N-dealkylation sites (N-methyl/N-ethyl adjacent to an activating group) is 1. The molecule has 0 aliphatic carbocycles. The minimum Gasteiger partial charge on any atom is -0.480 e. The Balaban J connectivity index is 1.48. The molecule has 2 aliphatic heterocycles. The maximum absolute atomic E-state index is 12.9. The quantitative estimate of drug-likeness (QED) is 0.864. The predicted molar refractivity (Wildman–Crippen MR) is 94.0 cm³/mol. The van der Waals surface area contributed by atoms with Crippen molar-refractivity contribution in [2.24, 2.45) is 5.41 Å². The number of carbonyl (C=O) groups is 2. The number of carboxylic acid groups (broad SMARTS) is 1. The maximum Gasteiger partial charge on any atom is 0.320 e. The molecule has 1 amide bonds. The van der Waals surface area contributed by atoms with Crippen molar-refractivity contribution in [3.8, 4) is 0 Å². The summed E-state index contributed by atoms with van der Waals surface area (Å²) in [6.07, 6.45) is 7.50. The van der Waals surface area contributed by atoms with Crippen LogP contribution in [0.1, 0.15) is 35.2 Å². The Morgan fingerprint density at radius 2 is 2.00 bits per heavy atom. The molecule has 0 bridgehead atoms. The second-order valence-corrected chi connectivity index (χ2v) is 7.72. The number of nitrogens with zero attached hydrogens (tertiary/aromatic N) is 5. The highest BCUT2D eigenvalue weighted by Crippen LogP contribution is 2.43. The first-order valence-electron chi connectivity index (χ1n) is 8.91. The first kappa shape index (κ1) is 17.0. The van der Waals surface area contributed by atoms with Crippen molar-refractivity contribution in [1.82, 2.24) is 24.4 Å². The Morgan fingerprint density at radius 3 is 2.65 bits per heavy atom. The fourth-order valence-electron chi connectivity index (χ4n) is 4.38. The SMILES string of the molecule is Cc1cnc2c(C(=O)N3CCC4(CC3)CC(C(=O)O)N(C)C4)cnn2c1. The standard InChI is InChI=1S/C18H23N5O3/c1-12-8-19-15-13(9-20-23(15)10-12)16(24)22-5-3-18(4-6-22)7-14(17(25)26)21(2)11-18/h8-10,14H,3-7,11H2,1-2H3,(H,25,26). The first-order chi connectivity index (χ1) is 12.4. The van der Waals surface area contributed by atoms with Crippen LogP contribution in [-0.2, 0) is 4.79 Å². The third-order valence-corrected chi connectivity index (χ3v) is 5.86. The number of carbonyl (C=O) groups excluding carboxylic acids is 1. The molecule has 2 aromatic rings. The number of hydrogen-bond donors (Lipinski definition) is 1. The largest absolute Gasteiger partial charge is 0.480 e. The molecule has 2 aliphatic rings. The van der Waals surface area contributed by atoms with Gasteiger partial charge in [0.1, 0.15) is 11.6 Å². The molecule has 1 spiro atoms. The van der Waals surface area contributed by atoms with E-state index in [0.717, 1.165) is 24.9 Å². The van der Waals surface area contributed by atoms with Gasteiger partial charge in [-0.15, -0.1) is 0 Å². The van der Waals surface area contributed by atoms with E-state index >= 15 is 0 Å². The van der Waals surface area contributed by atoms with Crippen LogP contribution >= 0.6 is 0 Å². The number of carboxylic acids is 1. The second-order valence-electron chi connectivity index (χ2n) is 7.72. The summed E-state index contributed by atoms with van der Waals surface area (Å²) < 4.78 is 1.64. The lowest BCUT2D eigenvalue weighted by atomic mass is 9.76. The zero-order valence-electron chi connectivity index (χ0n) is 15.1. The third kappa shape index (κ3) is 2.74. The van der Waals surface area contributed by atoms with E-state index in [9.17, 15) is 14.7 Å². The van der Waals surface area contributed by atoms with E-state index in [1.165, 1.54) is 0 Å². The van der Waals surface area contributed by atoms with Gasteiger partial charge in [0.15, 0.2) is 5.65 Å². The highest BCUT2D eigenvalue weighted by Gasteiger charge is 2.47. The summed E-state index contributed by atoms with van der Waals surface area (Å²) in [5.41, 5.74) is 2.09. The van der Waals surface area contributed by atoms with Crippen molar-refractivity contribution < 1.29 is 14.7 Å². The number of aliphatic carboxylic acids is 1. The average molecular weight is 357 g/mol. The molecule has 0 saturated carbocycles. The molecule has 26 heavy (non-hydrogen) atoms. The maximum atomic E-state index is 12.9. The molecule has 4 heterocycles. The first-order valence-corrected chi connectivity index (χ1v) is 8.91. The summed E-state index contributed by atoms with van der Waals surface area (Å²) in [6.45, 7) is 4.00. The molecule has 2 aromatic heterocycles. The Morgan fingerprint density at radius 1 is 1.27 bits per heavy atom. The van der Waals surface area contributed by atoms with E-state index in [2.05, 4.69) is 10.1 Å². The van der Waals surface area contributed by atoms with Crippen molar-refractivity contribution in [2.45, 2.75) is 32.2 Å². The van der Waals surface area contributed by atoms with Crippen molar-refractivity contribution in [3.05, 3.63) is 29.7 Å². The summed E-state index contributed by atoms with van der Waals surface area (Å²) in [6, 6.07) is -0.413. The Hall–Kier alpha value is -2.48. The molecule has 2 fully saturated rings. The van der Waals surface area contributed by atoms with E-state index in [-0.39, 0.29) is 11.3 Å². The summed E-state index contributed by atoms with van der Waals surface area (Å²) in [7, 11) is 1.87. The normalized spacial score (nSPS) is 23.0. The predicted octanol–water partition coefficient (Wildman–Crippen LogP) is 1.05. The van der Waals surface area contributed by atoms with Crippen LogP contribution in [0.4, 0.5) is 0 Å². The van der Waals surface area contributed by atoms with Crippen molar-refractivity contribution >= 4 is 17.5 Å². The summed E-state index contributed by atoms with van der Waals surface area (Å²) in [5.74, 6) is -0.803. The van der Waals surface area contributed by atoms with Gasteiger partial charge >= 0.3 is 5.97 Å². The van der Waals surface area contributed by atoms with Crippen LogP contribution < -0.4 is 0 Å². The van der Waals surface area contributed by atoms with E-state index < -0.39 is 12.0 Å². The molecule has 1 atom stereocenters. The lowest BCUT2D eigenvalue weighted by molar-refractivity contribution is -0.141. The lowest BCUT2D eigenvalue weighted by Crippen LogP contribution is -2.44. The Labute approximate surface area is 151 Å². The van der Waals surface area contributed by atoms with Gasteiger partial charge in [0, 0.05) is 32.0 Å². The smallest absolute Gasteiger partial charge is 0.320 e. The van der Waals surface area contributed by atoms with E-state index in [1.807, 2.05) is 30.0 Å². The number of aryl methyl sites for hydroxylation is 1. The van der Waals surface area contributed by atoms with Crippen LogP contribution in [0.3, 0.4) is 0 Å². The van der Waals surface area contributed by atoms with Crippen LogP contribution in [0.25, 0.3) is 5.65 Å². The van der Waals surface area contributed by atoms with E-state index in [0.29, 0.717) is 30.7 Å². The summed E-state index contributed by atoms with van der Waals surface area (Å²) in [4.78, 5) is 32.4. The zero-order chi connectivity index (χ0) is 18.5. The molecule has 2 saturated heterocycles. The number of aromatic nitrogens is 3. The minimum absolute atomic E-state index is 0.00500. The Kier molecular flexibility index (Phi) is 3.95. The van der Waals surface area contributed by atoms with Gasteiger partial charge in [-0.05, 0) is 44.2 Å². The van der Waals surface area contributed by atoms with Crippen molar-refractivity contribution in [2.75, 3.05) is 26.7 Å². The van der Waals surface area contributed by atoms with Crippen LogP contribution in [0, 0.1) is 12.3 Å². The number of rotatable bonds is 2. The van der Waals surface area contributed by atoms with Gasteiger partial charge in [-0.2, -0.15) is 5.10 Å². The van der Waals surface area contributed by atoms with Gasteiger partial charge in [0.05, 0.1) is 6.20 Å². The molecule has 0 aromatic carbocycles. The molecule has 4 rings (SSSR count). The number of hydrogen-bond acceptors (Lipinski definition) is 5. The molecule has 1 unspecified atom stereocenters. The van der Waals surface area contributed by atoms with Gasteiger partial charge in [0.25, 0.3) is 5.91 Å². The highest BCUT2D eigenvalue weighted by atomic mass is 16.4. The fourth-order valence-corrected chi connectivity index (χ4v) is 4.38. The number of likely N-dealkylation sites (tertiary alicyclic amines) is 2. The van der Waals surface area contributed by atoms with Crippen molar-refractivity contribution in [3.63, 3.8) is 0 Å². The number of piperidine rings is 1. The van der Waals surface area contributed by atoms with Gasteiger partial charge in [-0.25, -0.2) is 9.50 Å². The molecule has 1 N–H and O–H groups in total. The van der Waals surface area contributed by atoms with Gasteiger partial charge in [0.2, 0.25) is 0 Å². The fraction of sp³-hybridized carbons (Fsp3) is 0.556. The molecular formula is C18H23N5O3. The monoisotopic (exact) mass is 357 g/mol. The van der Waals surface area contributed by atoms with Gasteiger partial charge in [-0.3, -0.25) is 14.5 Å². The topological polar surface area (TPSA) is 91.0 Å². The van der Waals surface area contributed by atoms with Gasteiger partial charge < -0.3 is 10.0 Å². The van der Waals surface area contributed by atoms with E-state index in [1.54, 1.807) is 16.9 Å². The summed E-state index contributed by atoms with van der Waals surface area (Å²) in [5, 5.41) is 13.6. The second kappa shape index (κ2) is 6.05. The minimum atomic E-state index is -0.754. The lowest BCUT2D eigenvalue weighted by Gasteiger charge is -2.39. The van der Waals surface area contributed by atoms with Crippen LogP contribution in [0.15, 0.2) is 18.6 Å². The number of amides is 1. The molecular weight excluding hydrogens is 334 g/mol. The zero-order valence-corrected chi connectivity index (χ0v) is 15.1. The summed E-state index contributed by atoms with van der Waals surface area (Å²) >= 11 is 0.